The maximum absolute atomic E-state index is 12.4. The first-order valence-electron chi connectivity index (χ1n) is 6.58. The van der Waals surface area contributed by atoms with Gasteiger partial charge in [0.2, 0.25) is 5.95 Å². The predicted molar refractivity (Wildman–Crippen MR) is 81.8 cm³/mol. The van der Waals surface area contributed by atoms with Crippen molar-refractivity contribution in [1.82, 2.24) is 9.97 Å². The molecule has 1 aromatic heterocycles. The number of carbonyl (C=O) groups excluding carboxylic acids is 1. The van der Waals surface area contributed by atoms with Crippen molar-refractivity contribution in [3.8, 4) is 5.75 Å². The van der Waals surface area contributed by atoms with Crippen LogP contribution in [0.3, 0.4) is 0 Å². The second kappa shape index (κ2) is 5.28. The zero-order chi connectivity index (χ0) is 14.8. The van der Waals surface area contributed by atoms with Gasteiger partial charge in [0.25, 0.3) is 5.91 Å². The molecule has 1 heterocycles. The maximum Gasteiger partial charge on any atom is 0.261 e. The van der Waals surface area contributed by atoms with Crippen LogP contribution < -0.4 is 10.1 Å². The number of ether oxygens (including phenoxy) is 1. The van der Waals surface area contributed by atoms with E-state index in [1.54, 1.807) is 19.2 Å². The van der Waals surface area contributed by atoms with E-state index in [9.17, 15) is 4.79 Å². The van der Waals surface area contributed by atoms with Gasteiger partial charge in [-0.25, -0.2) is 4.98 Å². The van der Waals surface area contributed by atoms with E-state index in [0.717, 1.165) is 16.6 Å². The summed E-state index contributed by atoms with van der Waals surface area (Å²) in [4.78, 5) is 19.8. The van der Waals surface area contributed by atoms with Crippen LogP contribution in [-0.2, 0) is 0 Å². The molecule has 0 atom stereocenters. The average molecular weight is 281 g/mol. The van der Waals surface area contributed by atoms with Crippen LogP contribution in [0.4, 0.5) is 5.95 Å². The lowest BCUT2D eigenvalue weighted by Gasteiger charge is -2.08. The molecule has 0 saturated heterocycles. The molecule has 0 aliphatic rings. The minimum Gasteiger partial charge on any atom is -0.496 e. The average Bonchev–Trinajstić information content (AvgIpc) is 2.89. The fraction of sp³-hybridized carbons (Fsp3) is 0.125. The van der Waals surface area contributed by atoms with Crippen LogP contribution in [0, 0.1) is 6.92 Å². The number of imidazole rings is 1. The SMILES string of the molecule is COc1ccc(C)cc1C(=O)Nc1nc2ccccc2[nH]1. The highest BCUT2D eigenvalue weighted by molar-refractivity contribution is 6.06. The van der Waals surface area contributed by atoms with Crippen molar-refractivity contribution in [1.29, 1.82) is 0 Å². The minimum atomic E-state index is -0.255. The zero-order valence-corrected chi connectivity index (χ0v) is 11.8. The highest BCUT2D eigenvalue weighted by Gasteiger charge is 2.14. The monoisotopic (exact) mass is 281 g/mol. The molecule has 21 heavy (non-hydrogen) atoms. The molecule has 0 radical (unpaired) electrons. The van der Waals surface area contributed by atoms with E-state index in [0.29, 0.717) is 17.3 Å². The molecule has 3 aromatic rings. The molecule has 0 fully saturated rings. The lowest BCUT2D eigenvalue weighted by Crippen LogP contribution is -2.14. The predicted octanol–water partition coefficient (Wildman–Crippen LogP) is 3.13. The van der Waals surface area contributed by atoms with E-state index in [1.807, 2.05) is 37.3 Å². The Hall–Kier alpha value is -2.82. The summed E-state index contributed by atoms with van der Waals surface area (Å²) < 4.78 is 5.23. The van der Waals surface area contributed by atoms with Crippen molar-refractivity contribution in [2.24, 2.45) is 0 Å². The third-order valence-corrected chi connectivity index (χ3v) is 3.22. The quantitative estimate of drug-likeness (QED) is 0.775. The summed E-state index contributed by atoms with van der Waals surface area (Å²) in [5, 5.41) is 2.76. The van der Waals surface area contributed by atoms with Gasteiger partial charge in [-0.3, -0.25) is 10.1 Å². The van der Waals surface area contributed by atoms with Gasteiger partial charge in [0.05, 0.1) is 23.7 Å². The first kappa shape index (κ1) is 13.2. The molecule has 0 aliphatic carbocycles. The molecule has 0 spiro atoms. The Balaban J connectivity index is 1.90. The van der Waals surface area contributed by atoms with Crippen molar-refractivity contribution in [3.63, 3.8) is 0 Å². The number of aromatic amines is 1. The molecule has 0 aliphatic heterocycles. The number of nitrogens with one attached hydrogen (secondary N) is 2. The number of aryl methyl sites for hydroxylation is 1. The summed E-state index contributed by atoms with van der Waals surface area (Å²) in [7, 11) is 1.54. The van der Waals surface area contributed by atoms with Crippen LogP contribution in [0.5, 0.6) is 5.75 Å². The zero-order valence-electron chi connectivity index (χ0n) is 11.8. The second-order valence-electron chi connectivity index (χ2n) is 4.76. The summed E-state index contributed by atoms with van der Waals surface area (Å²) in [6, 6.07) is 13.1. The Morgan fingerprint density at radius 1 is 1.24 bits per heavy atom. The number of rotatable bonds is 3. The Kier molecular flexibility index (Phi) is 3.31. The molecule has 2 aromatic carbocycles. The summed E-state index contributed by atoms with van der Waals surface area (Å²) in [5.74, 6) is 0.702. The number of carbonyl (C=O) groups is 1. The fourth-order valence-corrected chi connectivity index (χ4v) is 2.19. The van der Waals surface area contributed by atoms with Gasteiger partial charge in [-0.1, -0.05) is 23.8 Å². The number of amides is 1. The largest absolute Gasteiger partial charge is 0.496 e. The van der Waals surface area contributed by atoms with Crippen LogP contribution in [0.2, 0.25) is 0 Å². The first-order valence-corrected chi connectivity index (χ1v) is 6.58. The molecule has 5 nitrogen and oxygen atoms in total. The topological polar surface area (TPSA) is 67.0 Å². The van der Waals surface area contributed by atoms with Gasteiger partial charge in [0.15, 0.2) is 0 Å². The van der Waals surface area contributed by atoms with E-state index in [1.165, 1.54) is 0 Å². The lowest BCUT2D eigenvalue weighted by molar-refractivity contribution is 0.102. The molecule has 0 bridgehead atoms. The standard InChI is InChI=1S/C16H15N3O2/c1-10-7-8-14(21-2)11(9-10)15(20)19-16-17-12-5-3-4-6-13(12)18-16/h3-9H,1-2H3,(H2,17,18,19,20). The van der Waals surface area contributed by atoms with Gasteiger partial charge < -0.3 is 9.72 Å². The van der Waals surface area contributed by atoms with E-state index in [4.69, 9.17) is 4.74 Å². The van der Waals surface area contributed by atoms with Crippen molar-refractivity contribution in [2.75, 3.05) is 12.4 Å². The van der Waals surface area contributed by atoms with Crippen LogP contribution in [0.15, 0.2) is 42.5 Å². The highest BCUT2D eigenvalue weighted by atomic mass is 16.5. The fourth-order valence-electron chi connectivity index (χ4n) is 2.19. The van der Waals surface area contributed by atoms with Gasteiger partial charge in [0, 0.05) is 0 Å². The number of fused-ring (bicyclic) bond motifs is 1. The molecular weight excluding hydrogens is 266 g/mol. The van der Waals surface area contributed by atoms with Crippen molar-refractivity contribution >= 4 is 22.9 Å². The molecule has 2 N–H and O–H groups in total. The molecule has 1 amide bonds. The highest BCUT2D eigenvalue weighted by Crippen LogP contribution is 2.21. The number of aromatic nitrogens is 2. The number of nitrogens with zero attached hydrogens (tertiary/aromatic N) is 1. The molecule has 106 valence electrons. The summed E-state index contributed by atoms with van der Waals surface area (Å²) >= 11 is 0. The Bertz CT molecular complexity index is 775. The van der Waals surface area contributed by atoms with Crippen LogP contribution in [-0.4, -0.2) is 23.0 Å². The number of hydrogen-bond acceptors (Lipinski definition) is 3. The molecular formula is C16H15N3O2. The third-order valence-electron chi connectivity index (χ3n) is 3.22. The van der Waals surface area contributed by atoms with Gasteiger partial charge in [0.1, 0.15) is 5.75 Å². The van der Waals surface area contributed by atoms with Gasteiger partial charge in [-0.15, -0.1) is 0 Å². The third kappa shape index (κ3) is 2.58. The number of hydrogen-bond donors (Lipinski definition) is 2. The number of benzene rings is 2. The number of methoxy groups -OCH3 is 1. The smallest absolute Gasteiger partial charge is 0.261 e. The number of para-hydroxylation sites is 2. The van der Waals surface area contributed by atoms with E-state index >= 15 is 0 Å². The maximum atomic E-state index is 12.4. The molecule has 0 saturated carbocycles. The van der Waals surface area contributed by atoms with Crippen molar-refractivity contribution in [3.05, 3.63) is 53.6 Å². The van der Waals surface area contributed by atoms with Crippen molar-refractivity contribution in [2.45, 2.75) is 6.92 Å². The van der Waals surface area contributed by atoms with Gasteiger partial charge >= 0.3 is 0 Å². The first-order chi connectivity index (χ1) is 10.2. The lowest BCUT2D eigenvalue weighted by atomic mass is 10.1. The minimum absolute atomic E-state index is 0.255. The molecule has 3 rings (SSSR count). The van der Waals surface area contributed by atoms with E-state index in [-0.39, 0.29) is 5.91 Å². The summed E-state index contributed by atoms with van der Waals surface area (Å²) in [6.45, 7) is 1.93. The summed E-state index contributed by atoms with van der Waals surface area (Å²) in [6.07, 6.45) is 0. The molecule has 5 heteroatoms. The van der Waals surface area contributed by atoms with Crippen molar-refractivity contribution < 1.29 is 9.53 Å². The van der Waals surface area contributed by atoms with Gasteiger partial charge in [-0.05, 0) is 31.2 Å². The van der Waals surface area contributed by atoms with Gasteiger partial charge in [-0.2, -0.15) is 0 Å². The molecule has 0 unspecified atom stereocenters. The number of H-pyrrole nitrogens is 1. The van der Waals surface area contributed by atoms with Crippen LogP contribution in [0.25, 0.3) is 11.0 Å². The second-order valence-corrected chi connectivity index (χ2v) is 4.76. The van der Waals surface area contributed by atoms with E-state index in [2.05, 4.69) is 15.3 Å². The number of anilines is 1. The van der Waals surface area contributed by atoms with Crippen LogP contribution >= 0.6 is 0 Å². The van der Waals surface area contributed by atoms with E-state index < -0.39 is 0 Å². The van der Waals surface area contributed by atoms with Crippen LogP contribution in [0.1, 0.15) is 15.9 Å². The normalized spacial score (nSPS) is 10.6. The Morgan fingerprint density at radius 3 is 2.81 bits per heavy atom. The summed E-state index contributed by atoms with van der Waals surface area (Å²) in [5.41, 5.74) is 3.16. The Labute approximate surface area is 122 Å². The Morgan fingerprint density at radius 2 is 2.05 bits per heavy atom.